The molecule has 2 N–H and O–H groups in total. The lowest BCUT2D eigenvalue weighted by atomic mass is 10.1. The van der Waals surface area contributed by atoms with E-state index in [1.165, 1.54) is 12.8 Å². The first-order chi connectivity index (χ1) is 5.88. The van der Waals surface area contributed by atoms with E-state index in [9.17, 15) is 0 Å². The van der Waals surface area contributed by atoms with E-state index in [1.807, 2.05) is 0 Å². The molecule has 12 heavy (non-hydrogen) atoms. The van der Waals surface area contributed by atoms with Gasteiger partial charge in [0.15, 0.2) is 0 Å². The number of nitrogens with one attached hydrogen (secondary N) is 1. The number of rotatable bonds is 5. The summed E-state index contributed by atoms with van der Waals surface area (Å²) in [5, 5.41) is 15.7. The maximum absolute atomic E-state index is 8.90. The number of unbranched alkanes of at least 4 members (excludes halogenated alkanes) is 2. The number of hydrogen-bond acceptors (Lipinski definition) is 2. The summed E-state index contributed by atoms with van der Waals surface area (Å²) < 4.78 is 0. The summed E-state index contributed by atoms with van der Waals surface area (Å²) in [5.41, 5.74) is 1.96. The Kier molecular flexibility index (Phi) is 3.80. The van der Waals surface area contributed by atoms with Crippen LogP contribution in [0.5, 0.6) is 0 Å². The van der Waals surface area contributed by atoms with E-state index in [0.29, 0.717) is 0 Å². The molecule has 68 valence electrons. The molecule has 1 rings (SSSR count). The number of aromatic nitrogens is 2. The zero-order valence-corrected chi connectivity index (χ0v) is 7.51. The van der Waals surface area contributed by atoms with Gasteiger partial charge >= 0.3 is 0 Å². The highest BCUT2D eigenvalue weighted by atomic mass is 16.3. The molecule has 0 unspecified atom stereocenters. The molecule has 0 fully saturated rings. The van der Waals surface area contributed by atoms with Crippen LogP contribution in [0.4, 0.5) is 0 Å². The minimum absolute atomic E-state index is 0.0952. The lowest BCUT2D eigenvalue weighted by molar-refractivity contribution is 0.280. The smallest absolute Gasteiger partial charge is 0.0715 e. The summed E-state index contributed by atoms with van der Waals surface area (Å²) in [7, 11) is 0. The molecule has 0 spiro atoms. The molecule has 0 radical (unpaired) electrons. The van der Waals surface area contributed by atoms with Gasteiger partial charge in [-0.2, -0.15) is 5.10 Å². The average Bonchev–Trinajstić information content (AvgIpc) is 2.52. The number of nitrogens with zero attached hydrogens (tertiary/aromatic N) is 1. The second-order valence-electron chi connectivity index (χ2n) is 2.97. The molecule has 1 aromatic rings. The molecule has 0 aliphatic heterocycles. The van der Waals surface area contributed by atoms with Crippen LogP contribution in [0.2, 0.25) is 0 Å². The molecule has 0 amide bonds. The Morgan fingerprint density at radius 1 is 1.50 bits per heavy atom. The summed E-state index contributed by atoms with van der Waals surface area (Å²) in [6.45, 7) is 2.27. The van der Waals surface area contributed by atoms with Crippen molar-refractivity contribution >= 4 is 0 Å². The van der Waals surface area contributed by atoms with Gasteiger partial charge in [-0.1, -0.05) is 19.8 Å². The van der Waals surface area contributed by atoms with Crippen LogP contribution in [0.15, 0.2) is 6.20 Å². The summed E-state index contributed by atoms with van der Waals surface area (Å²) in [6.07, 6.45) is 6.36. The van der Waals surface area contributed by atoms with Crippen LogP contribution in [-0.4, -0.2) is 15.3 Å². The van der Waals surface area contributed by atoms with Gasteiger partial charge in [-0.3, -0.25) is 5.10 Å². The fourth-order valence-electron chi connectivity index (χ4n) is 1.24. The first-order valence-corrected chi connectivity index (χ1v) is 4.51. The van der Waals surface area contributed by atoms with Gasteiger partial charge in [-0.15, -0.1) is 0 Å². The Labute approximate surface area is 72.8 Å². The topological polar surface area (TPSA) is 48.9 Å². The van der Waals surface area contributed by atoms with Crippen LogP contribution in [0.3, 0.4) is 0 Å². The van der Waals surface area contributed by atoms with Crippen LogP contribution in [0.1, 0.15) is 37.4 Å². The maximum atomic E-state index is 8.90. The van der Waals surface area contributed by atoms with Gasteiger partial charge in [0.05, 0.1) is 12.3 Å². The number of aromatic amines is 1. The van der Waals surface area contributed by atoms with Crippen molar-refractivity contribution in [1.82, 2.24) is 10.2 Å². The Hall–Kier alpha value is -0.830. The summed E-state index contributed by atoms with van der Waals surface area (Å²) >= 11 is 0. The summed E-state index contributed by atoms with van der Waals surface area (Å²) in [4.78, 5) is 0. The van der Waals surface area contributed by atoms with Crippen molar-refractivity contribution in [3.63, 3.8) is 0 Å². The first kappa shape index (κ1) is 9.26. The largest absolute Gasteiger partial charge is 0.392 e. The van der Waals surface area contributed by atoms with Gasteiger partial charge in [-0.05, 0) is 12.8 Å². The molecule has 1 heterocycles. The Morgan fingerprint density at radius 3 is 3.00 bits per heavy atom. The second-order valence-corrected chi connectivity index (χ2v) is 2.97. The third-order valence-electron chi connectivity index (χ3n) is 2.00. The highest BCUT2D eigenvalue weighted by molar-refractivity contribution is 5.14. The molecular formula is C9H16N2O. The molecule has 0 saturated heterocycles. The van der Waals surface area contributed by atoms with E-state index in [4.69, 9.17) is 5.11 Å². The van der Waals surface area contributed by atoms with Crippen LogP contribution in [-0.2, 0) is 13.0 Å². The lowest BCUT2D eigenvalue weighted by Gasteiger charge is -1.97. The Morgan fingerprint density at radius 2 is 2.33 bits per heavy atom. The van der Waals surface area contributed by atoms with E-state index >= 15 is 0 Å². The van der Waals surface area contributed by atoms with Gasteiger partial charge < -0.3 is 5.11 Å². The molecule has 1 aromatic heterocycles. The molecular weight excluding hydrogens is 152 g/mol. The number of H-pyrrole nitrogens is 1. The SMILES string of the molecule is CCCCCc1n[nH]cc1CO. The minimum atomic E-state index is 0.0952. The summed E-state index contributed by atoms with van der Waals surface area (Å²) in [6, 6.07) is 0. The van der Waals surface area contributed by atoms with Crippen LogP contribution >= 0.6 is 0 Å². The van der Waals surface area contributed by atoms with Gasteiger partial charge in [-0.25, -0.2) is 0 Å². The molecule has 0 aliphatic rings. The van der Waals surface area contributed by atoms with Crippen molar-refractivity contribution in [3.05, 3.63) is 17.5 Å². The Balaban J connectivity index is 2.39. The first-order valence-electron chi connectivity index (χ1n) is 4.51. The van der Waals surface area contributed by atoms with E-state index in [2.05, 4.69) is 17.1 Å². The van der Waals surface area contributed by atoms with E-state index in [0.717, 1.165) is 24.1 Å². The van der Waals surface area contributed by atoms with Crippen molar-refractivity contribution < 1.29 is 5.11 Å². The molecule has 0 aliphatic carbocycles. The number of aliphatic hydroxyl groups is 1. The zero-order chi connectivity index (χ0) is 8.81. The average molecular weight is 168 g/mol. The third-order valence-corrected chi connectivity index (χ3v) is 2.00. The lowest BCUT2D eigenvalue weighted by Crippen LogP contribution is -1.91. The highest BCUT2D eigenvalue weighted by Crippen LogP contribution is 2.08. The van der Waals surface area contributed by atoms with Crippen LogP contribution < -0.4 is 0 Å². The van der Waals surface area contributed by atoms with Crippen LogP contribution in [0, 0.1) is 0 Å². The van der Waals surface area contributed by atoms with E-state index in [-0.39, 0.29) is 6.61 Å². The molecule has 0 aromatic carbocycles. The van der Waals surface area contributed by atoms with Gasteiger partial charge in [0.1, 0.15) is 0 Å². The van der Waals surface area contributed by atoms with Crippen molar-refractivity contribution in [2.24, 2.45) is 0 Å². The second kappa shape index (κ2) is 4.93. The predicted molar refractivity (Wildman–Crippen MR) is 47.7 cm³/mol. The maximum Gasteiger partial charge on any atom is 0.0715 e. The van der Waals surface area contributed by atoms with Crippen molar-refractivity contribution in [1.29, 1.82) is 0 Å². The third kappa shape index (κ3) is 2.34. The predicted octanol–water partition coefficient (Wildman–Crippen LogP) is 1.63. The van der Waals surface area contributed by atoms with Crippen molar-refractivity contribution in [3.8, 4) is 0 Å². The van der Waals surface area contributed by atoms with Crippen molar-refractivity contribution in [2.75, 3.05) is 0 Å². The normalized spacial score (nSPS) is 10.5. The fraction of sp³-hybridized carbons (Fsp3) is 0.667. The Bertz CT molecular complexity index is 220. The fourth-order valence-corrected chi connectivity index (χ4v) is 1.24. The molecule has 0 saturated carbocycles. The number of aliphatic hydroxyl groups excluding tert-OH is 1. The monoisotopic (exact) mass is 168 g/mol. The molecule has 0 atom stereocenters. The minimum Gasteiger partial charge on any atom is -0.392 e. The van der Waals surface area contributed by atoms with Gasteiger partial charge in [0, 0.05) is 11.8 Å². The molecule has 3 nitrogen and oxygen atoms in total. The highest BCUT2D eigenvalue weighted by Gasteiger charge is 2.02. The van der Waals surface area contributed by atoms with E-state index in [1.54, 1.807) is 6.20 Å². The number of aryl methyl sites for hydroxylation is 1. The quantitative estimate of drug-likeness (QED) is 0.656. The number of hydrogen-bond donors (Lipinski definition) is 2. The zero-order valence-electron chi connectivity index (χ0n) is 7.51. The summed E-state index contributed by atoms with van der Waals surface area (Å²) in [5.74, 6) is 0. The van der Waals surface area contributed by atoms with Crippen molar-refractivity contribution in [2.45, 2.75) is 39.2 Å². The molecule has 3 heteroatoms. The van der Waals surface area contributed by atoms with Crippen LogP contribution in [0.25, 0.3) is 0 Å². The molecule has 0 bridgehead atoms. The van der Waals surface area contributed by atoms with E-state index < -0.39 is 0 Å². The standard InChI is InChI=1S/C9H16N2O/c1-2-3-4-5-9-8(7-12)6-10-11-9/h6,12H,2-5,7H2,1H3,(H,10,11). The van der Waals surface area contributed by atoms with Gasteiger partial charge in [0.2, 0.25) is 0 Å². The van der Waals surface area contributed by atoms with Gasteiger partial charge in [0.25, 0.3) is 0 Å².